The van der Waals surface area contributed by atoms with Gasteiger partial charge in [0.2, 0.25) is 0 Å². The first-order valence-corrected chi connectivity index (χ1v) is 5.65. The van der Waals surface area contributed by atoms with Gasteiger partial charge in [0.05, 0.1) is 0 Å². The molecule has 1 heteroatoms. The fourth-order valence-corrected chi connectivity index (χ4v) is 2.09. The zero-order valence-corrected chi connectivity index (χ0v) is 8.87. The molecule has 1 saturated carbocycles. The Morgan fingerprint density at radius 1 is 1.43 bits per heavy atom. The van der Waals surface area contributed by atoms with Crippen LogP contribution in [0.3, 0.4) is 0 Å². The van der Waals surface area contributed by atoms with Gasteiger partial charge < -0.3 is 5.73 Å². The summed E-state index contributed by atoms with van der Waals surface area (Å²) in [5.74, 6) is 0.738. The highest BCUT2D eigenvalue weighted by Crippen LogP contribution is 2.36. The molecular formula is C13H19N. The third-order valence-corrected chi connectivity index (χ3v) is 3.40. The van der Waals surface area contributed by atoms with E-state index in [1.54, 1.807) is 0 Å². The van der Waals surface area contributed by atoms with Crippen LogP contribution in [0, 0.1) is 5.92 Å². The Balaban J connectivity index is 2.13. The second kappa shape index (κ2) is 4.14. The van der Waals surface area contributed by atoms with Crippen LogP contribution in [0.1, 0.15) is 43.4 Å². The van der Waals surface area contributed by atoms with Gasteiger partial charge in [-0.3, -0.25) is 0 Å². The molecule has 1 aliphatic rings. The van der Waals surface area contributed by atoms with Gasteiger partial charge in [-0.05, 0) is 36.3 Å². The third kappa shape index (κ3) is 1.83. The lowest BCUT2D eigenvalue weighted by Gasteiger charge is -2.31. The Morgan fingerprint density at radius 2 is 2.21 bits per heavy atom. The summed E-state index contributed by atoms with van der Waals surface area (Å²) in [7, 11) is 0. The number of hydrogen-bond acceptors (Lipinski definition) is 1. The summed E-state index contributed by atoms with van der Waals surface area (Å²) in [6, 6.07) is 9.02. The molecule has 1 nitrogen and oxygen atoms in total. The normalized spacial score (nSPS) is 19.0. The molecule has 0 saturated heterocycles. The van der Waals surface area contributed by atoms with Gasteiger partial charge in [0, 0.05) is 6.04 Å². The molecular weight excluding hydrogens is 170 g/mol. The van der Waals surface area contributed by atoms with Gasteiger partial charge in [0.15, 0.2) is 0 Å². The van der Waals surface area contributed by atoms with Crippen LogP contribution in [0.2, 0.25) is 0 Å². The van der Waals surface area contributed by atoms with Crippen LogP contribution in [-0.4, -0.2) is 0 Å². The van der Waals surface area contributed by atoms with Gasteiger partial charge in [-0.25, -0.2) is 0 Å². The van der Waals surface area contributed by atoms with Crippen LogP contribution in [0.4, 0.5) is 0 Å². The highest BCUT2D eigenvalue weighted by atomic mass is 14.7. The first-order valence-electron chi connectivity index (χ1n) is 5.65. The summed E-state index contributed by atoms with van der Waals surface area (Å²) in [4.78, 5) is 0. The predicted molar refractivity (Wildman–Crippen MR) is 60.1 cm³/mol. The second-order valence-corrected chi connectivity index (χ2v) is 4.32. The molecule has 0 unspecified atom stereocenters. The van der Waals surface area contributed by atoms with Crippen LogP contribution >= 0.6 is 0 Å². The van der Waals surface area contributed by atoms with E-state index in [0.29, 0.717) is 0 Å². The van der Waals surface area contributed by atoms with Crippen molar-refractivity contribution in [2.45, 2.75) is 38.6 Å². The molecule has 76 valence electrons. The fourth-order valence-electron chi connectivity index (χ4n) is 2.09. The number of aryl methyl sites for hydroxylation is 1. The average Bonchev–Trinajstić information content (AvgIpc) is 2.15. The van der Waals surface area contributed by atoms with Crippen LogP contribution < -0.4 is 5.73 Å². The van der Waals surface area contributed by atoms with Crippen LogP contribution in [0.5, 0.6) is 0 Å². The largest absolute Gasteiger partial charge is 0.324 e. The zero-order valence-electron chi connectivity index (χ0n) is 8.87. The van der Waals surface area contributed by atoms with Crippen molar-refractivity contribution in [2.24, 2.45) is 11.7 Å². The monoisotopic (exact) mass is 189 g/mol. The van der Waals surface area contributed by atoms with E-state index in [-0.39, 0.29) is 6.04 Å². The van der Waals surface area contributed by atoms with Gasteiger partial charge in [-0.15, -0.1) is 0 Å². The van der Waals surface area contributed by atoms with E-state index in [1.165, 1.54) is 30.4 Å². The molecule has 0 radical (unpaired) electrons. The minimum atomic E-state index is 0.273. The first-order chi connectivity index (χ1) is 6.81. The van der Waals surface area contributed by atoms with Gasteiger partial charge in [-0.2, -0.15) is 0 Å². The van der Waals surface area contributed by atoms with Gasteiger partial charge >= 0.3 is 0 Å². The molecule has 0 aromatic heterocycles. The van der Waals surface area contributed by atoms with E-state index >= 15 is 0 Å². The lowest BCUT2D eigenvalue weighted by atomic mass is 9.77. The molecule has 0 heterocycles. The van der Waals surface area contributed by atoms with E-state index in [4.69, 9.17) is 5.73 Å². The SMILES string of the molecule is CCc1cccc([C@H](N)C2CCC2)c1. The molecule has 2 N–H and O–H groups in total. The van der Waals surface area contributed by atoms with Gasteiger partial charge in [0.25, 0.3) is 0 Å². The van der Waals surface area contributed by atoms with Crippen molar-refractivity contribution in [1.82, 2.24) is 0 Å². The molecule has 1 aliphatic carbocycles. The number of benzene rings is 1. The fraction of sp³-hybridized carbons (Fsp3) is 0.538. The second-order valence-electron chi connectivity index (χ2n) is 4.32. The molecule has 1 atom stereocenters. The minimum Gasteiger partial charge on any atom is -0.324 e. The van der Waals surface area contributed by atoms with Crippen molar-refractivity contribution in [3.63, 3.8) is 0 Å². The summed E-state index contributed by atoms with van der Waals surface area (Å²) >= 11 is 0. The highest BCUT2D eigenvalue weighted by Gasteiger charge is 2.25. The van der Waals surface area contributed by atoms with E-state index in [9.17, 15) is 0 Å². The summed E-state index contributed by atoms with van der Waals surface area (Å²) < 4.78 is 0. The smallest absolute Gasteiger partial charge is 0.0323 e. The summed E-state index contributed by atoms with van der Waals surface area (Å²) in [6.45, 7) is 2.19. The van der Waals surface area contributed by atoms with Crippen molar-refractivity contribution in [3.8, 4) is 0 Å². The van der Waals surface area contributed by atoms with Crippen LogP contribution in [0.25, 0.3) is 0 Å². The average molecular weight is 189 g/mol. The topological polar surface area (TPSA) is 26.0 Å². The van der Waals surface area contributed by atoms with Gasteiger partial charge in [-0.1, -0.05) is 37.6 Å². The molecule has 14 heavy (non-hydrogen) atoms. The molecule has 0 spiro atoms. The van der Waals surface area contributed by atoms with Crippen LogP contribution in [0.15, 0.2) is 24.3 Å². The quantitative estimate of drug-likeness (QED) is 0.777. The van der Waals surface area contributed by atoms with Crippen LogP contribution in [-0.2, 0) is 6.42 Å². The number of rotatable bonds is 3. The first kappa shape index (κ1) is 9.72. The van der Waals surface area contributed by atoms with E-state index < -0.39 is 0 Å². The Kier molecular flexibility index (Phi) is 2.87. The highest BCUT2D eigenvalue weighted by molar-refractivity contribution is 5.26. The maximum absolute atomic E-state index is 6.22. The Bertz CT molecular complexity index is 302. The summed E-state index contributed by atoms with van der Waals surface area (Å²) in [6.07, 6.45) is 5.10. The van der Waals surface area contributed by atoms with Crippen molar-refractivity contribution < 1.29 is 0 Å². The molecule has 1 aromatic rings. The van der Waals surface area contributed by atoms with Crippen molar-refractivity contribution in [2.75, 3.05) is 0 Å². The van der Waals surface area contributed by atoms with Gasteiger partial charge in [0.1, 0.15) is 0 Å². The standard InChI is InChI=1S/C13H19N/c1-2-10-5-3-8-12(9-10)13(14)11-6-4-7-11/h3,5,8-9,11,13H,2,4,6-7,14H2,1H3/t13-/m1/s1. The molecule has 0 aliphatic heterocycles. The number of nitrogens with two attached hydrogens (primary N) is 1. The molecule has 2 rings (SSSR count). The lowest BCUT2D eigenvalue weighted by molar-refractivity contribution is 0.264. The molecule has 0 bridgehead atoms. The minimum absolute atomic E-state index is 0.273. The summed E-state index contributed by atoms with van der Waals surface area (Å²) in [5, 5.41) is 0. The maximum Gasteiger partial charge on any atom is 0.0323 e. The maximum atomic E-state index is 6.22. The van der Waals surface area contributed by atoms with E-state index in [1.807, 2.05) is 0 Å². The molecule has 0 amide bonds. The molecule has 1 aromatic carbocycles. The zero-order chi connectivity index (χ0) is 9.97. The Morgan fingerprint density at radius 3 is 2.79 bits per heavy atom. The van der Waals surface area contributed by atoms with Crippen molar-refractivity contribution in [3.05, 3.63) is 35.4 Å². The summed E-state index contributed by atoms with van der Waals surface area (Å²) in [5.41, 5.74) is 8.95. The van der Waals surface area contributed by atoms with E-state index in [2.05, 4.69) is 31.2 Å². The predicted octanol–water partition coefficient (Wildman–Crippen LogP) is 3.05. The number of hydrogen-bond donors (Lipinski definition) is 1. The Labute approximate surface area is 86.3 Å². The molecule has 1 fully saturated rings. The Hall–Kier alpha value is -0.820. The lowest BCUT2D eigenvalue weighted by Crippen LogP contribution is -2.26. The van der Waals surface area contributed by atoms with E-state index in [0.717, 1.165) is 12.3 Å². The third-order valence-electron chi connectivity index (χ3n) is 3.40. The van der Waals surface area contributed by atoms with Crippen molar-refractivity contribution in [1.29, 1.82) is 0 Å². The van der Waals surface area contributed by atoms with Crippen molar-refractivity contribution >= 4 is 0 Å².